The van der Waals surface area contributed by atoms with E-state index in [1.54, 1.807) is 0 Å². The smallest absolute Gasteiger partial charge is 0.652 e. The SMILES string of the molecule is O=C([O-])[C@@H](O)[C@@H](O)[C@H](O)[C@@H](O)C(=O)[O-].O=C([O-])[O-].[Fe+2].[Fe+2]. The van der Waals surface area contributed by atoms with Gasteiger partial charge in [0.2, 0.25) is 0 Å². The number of carboxylic acids is 2. The van der Waals surface area contributed by atoms with E-state index in [0.717, 1.165) is 0 Å². The van der Waals surface area contributed by atoms with Gasteiger partial charge in [-0.25, -0.2) is 0 Å². The Hall–Kier alpha value is -0.911. The molecule has 0 saturated heterocycles. The number of aliphatic hydroxyl groups is 4. The van der Waals surface area contributed by atoms with Crippen LogP contribution in [0.15, 0.2) is 0 Å². The molecule has 0 bridgehead atoms. The zero-order valence-electron chi connectivity index (χ0n) is 9.16. The Bertz CT molecular complexity index is 281. The zero-order valence-corrected chi connectivity index (χ0v) is 11.4. The Morgan fingerprint density at radius 2 is 0.800 bits per heavy atom. The second-order valence-electron chi connectivity index (χ2n) is 2.76. The summed E-state index contributed by atoms with van der Waals surface area (Å²) in [4.78, 5) is 28.3. The maximum absolute atomic E-state index is 9.96. The molecule has 0 aliphatic rings. The van der Waals surface area contributed by atoms with E-state index < -0.39 is 42.5 Å². The van der Waals surface area contributed by atoms with Crippen molar-refractivity contribution in [1.82, 2.24) is 0 Å². The van der Waals surface area contributed by atoms with Crippen molar-refractivity contribution in [2.24, 2.45) is 0 Å². The summed E-state index contributed by atoms with van der Waals surface area (Å²) in [6.07, 6.45) is -12.1. The van der Waals surface area contributed by atoms with Gasteiger partial charge in [-0.1, -0.05) is 0 Å². The Balaban J connectivity index is -0.000000188. The number of hydrogen-bond acceptors (Lipinski definition) is 11. The molecule has 4 atom stereocenters. The molecule has 0 spiro atoms. The van der Waals surface area contributed by atoms with Crippen LogP contribution in [0.4, 0.5) is 4.79 Å². The van der Waals surface area contributed by atoms with Crippen molar-refractivity contribution in [3.05, 3.63) is 0 Å². The summed E-state index contributed by atoms with van der Waals surface area (Å²) in [6, 6.07) is 0. The third-order valence-electron chi connectivity index (χ3n) is 1.48. The molecule has 0 aromatic heterocycles. The van der Waals surface area contributed by atoms with Crippen LogP contribution in [0.3, 0.4) is 0 Å². The van der Waals surface area contributed by atoms with Crippen molar-refractivity contribution in [3.63, 3.8) is 0 Å². The Morgan fingerprint density at radius 3 is 0.900 bits per heavy atom. The van der Waals surface area contributed by atoms with Crippen LogP contribution in [0.25, 0.3) is 0 Å². The van der Waals surface area contributed by atoms with Crippen molar-refractivity contribution in [3.8, 4) is 0 Å². The fourth-order valence-corrected chi connectivity index (χ4v) is 0.652. The second-order valence-corrected chi connectivity index (χ2v) is 2.76. The van der Waals surface area contributed by atoms with Gasteiger partial charge in [0.05, 0.1) is 11.9 Å². The van der Waals surface area contributed by atoms with Gasteiger partial charge in [0.1, 0.15) is 24.4 Å². The van der Waals surface area contributed by atoms with Crippen molar-refractivity contribution in [2.45, 2.75) is 24.4 Å². The summed E-state index contributed by atoms with van der Waals surface area (Å²) in [5.41, 5.74) is 0. The average molecular weight is 380 g/mol. The van der Waals surface area contributed by atoms with E-state index in [4.69, 9.17) is 35.4 Å². The van der Waals surface area contributed by atoms with E-state index in [2.05, 4.69) is 0 Å². The van der Waals surface area contributed by atoms with Crippen LogP contribution in [0, 0.1) is 0 Å². The number of aliphatic hydroxyl groups excluding tert-OH is 4. The van der Waals surface area contributed by atoms with Gasteiger partial charge in [-0.05, 0) is 6.16 Å². The first kappa shape index (κ1) is 27.4. The summed E-state index contributed by atoms with van der Waals surface area (Å²) in [5.74, 6) is -4.22. The Labute approximate surface area is 132 Å². The van der Waals surface area contributed by atoms with E-state index in [1.807, 2.05) is 0 Å². The number of carboxylic acid groups (broad SMARTS) is 4. The number of carbonyl (C=O) groups excluding carboxylic acids is 3. The maximum Gasteiger partial charge on any atom is 2.00 e. The van der Waals surface area contributed by atoms with E-state index >= 15 is 0 Å². The molecular weight excluding hydrogens is 372 g/mol. The van der Waals surface area contributed by atoms with E-state index in [9.17, 15) is 19.8 Å². The molecule has 4 N–H and O–H groups in total. The van der Waals surface area contributed by atoms with E-state index in [0.29, 0.717) is 0 Å². The molecule has 0 fully saturated rings. The fourth-order valence-electron chi connectivity index (χ4n) is 0.652. The minimum Gasteiger partial charge on any atom is -0.652 e. The summed E-state index contributed by atoms with van der Waals surface area (Å²) >= 11 is 0. The third kappa shape index (κ3) is 12.1. The number of rotatable bonds is 5. The van der Waals surface area contributed by atoms with E-state index in [1.165, 1.54) is 0 Å². The van der Waals surface area contributed by atoms with Gasteiger partial charge in [-0.2, -0.15) is 0 Å². The molecule has 13 heteroatoms. The van der Waals surface area contributed by atoms with Crippen LogP contribution < -0.4 is 20.4 Å². The topological polar surface area (TPSA) is 224 Å². The molecule has 0 amide bonds. The van der Waals surface area contributed by atoms with Crippen LogP contribution in [-0.4, -0.2) is 62.9 Å². The van der Waals surface area contributed by atoms with Gasteiger partial charge in [0.15, 0.2) is 0 Å². The Kier molecular flexibility index (Phi) is 18.0. The van der Waals surface area contributed by atoms with Gasteiger partial charge in [-0.15, -0.1) is 0 Å². The first-order valence-corrected chi connectivity index (χ1v) is 4.04. The average Bonchev–Trinajstić information content (AvgIpc) is 2.23. The minimum absolute atomic E-state index is 0. The van der Waals surface area contributed by atoms with Gasteiger partial charge in [0, 0.05) is 0 Å². The molecule has 0 unspecified atom stereocenters. The van der Waals surface area contributed by atoms with Gasteiger partial charge in [-0.3, -0.25) is 0 Å². The first-order chi connectivity index (χ1) is 8.02. The normalized spacial score (nSPS) is 14.8. The molecule has 0 rings (SSSR count). The summed E-state index contributed by atoms with van der Waals surface area (Å²) in [7, 11) is 0. The number of carbonyl (C=O) groups is 3. The van der Waals surface area contributed by atoms with Gasteiger partial charge < -0.3 is 55.2 Å². The van der Waals surface area contributed by atoms with E-state index in [-0.39, 0.29) is 34.1 Å². The number of aliphatic carboxylic acids is 2. The van der Waals surface area contributed by atoms with Crippen LogP contribution in [0.5, 0.6) is 0 Å². The summed E-state index contributed by atoms with van der Waals surface area (Å²) in [6.45, 7) is 0. The van der Waals surface area contributed by atoms with Gasteiger partial charge in [0.25, 0.3) is 0 Å². The summed E-state index contributed by atoms with van der Waals surface area (Å²) < 4.78 is 0. The fraction of sp³-hybridized carbons (Fsp3) is 0.571. The molecule has 0 aliphatic carbocycles. The first-order valence-electron chi connectivity index (χ1n) is 4.04. The van der Waals surface area contributed by atoms with Crippen molar-refractivity contribution in [1.29, 1.82) is 0 Å². The predicted molar refractivity (Wildman–Crippen MR) is 39.4 cm³/mol. The summed E-state index contributed by atoms with van der Waals surface area (Å²) in [5, 5.41) is 71.4. The molecule has 11 nitrogen and oxygen atoms in total. The molecule has 0 heterocycles. The second kappa shape index (κ2) is 13.1. The maximum atomic E-state index is 9.96. The van der Waals surface area contributed by atoms with Crippen molar-refractivity contribution >= 4 is 18.1 Å². The molecule has 0 radical (unpaired) electrons. The van der Waals surface area contributed by atoms with Crippen molar-refractivity contribution in [2.75, 3.05) is 0 Å². The molecule has 0 saturated carbocycles. The van der Waals surface area contributed by atoms with Crippen molar-refractivity contribution < 1.29 is 89.4 Å². The van der Waals surface area contributed by atoms with Crippen LogP contribution >= 0.6 is 0 Å². The molecule has 0 aromatic carbocycles. The van der Waals surface area contributed by atoms with Crippen LogP contribution in [0.2, 0.25) is 0 Å². The molecule has 0 aliphatic heterocycles. The monoisotopic (exact) mass is 380 g/mol. The standard InChI is InChI=1S/C6H10O8.CH2O3.2Fe/c7-1(3(9)5(11)12)2(8)4(10)6(13)14;2-1(3)4;;/h1-4,7-10H,(H,11,12)(H,13,14);(H2,2,3,4);;/q;;2*+2/p-4/t1-,2-,3-,4+;;;/m0.../s1. The molecule has 118 valence electrons. The molecular formula is C7H8Fe2O11. The quantitative estimate of drug-likeness (QED) is 0.328. The number of hydrogen-bond donors (Lipinski definition) is 4. The third-order valence-corrected chi connectivity index (χ3v) is 1.48. The Morgan fingerprint density at radius 1 is 0.650 bits per heavy atom. The predicted octanol–water partition coefficient (Wildman–Crippen LogP) is -8.52. The van der Waals surface area contributed by atoms with Gasteiger partial charge >= 0.3 is 34.1 Å². The minimum atomic E-state index is -2.50. The van der Waals surface area contributed by atoms with Crippen LogP contribution in [0.1, 0.15) is 0 Å². The molecule has 0 aromatic rings. The largest absolute Gasteiger partial charge is 2.00 e. The van der Waals surface area contributed by atoms with Crippen LogP contribution in [-0.2, 0) is 43.7 Å². The molecule has 20 heavy (non-hydrogen) atoms. The zero-order chi connectivity index (χ0) is 15.0.